The van der Waals surface area contributed by atoms with E-state index in [0.717, 1.165) is 5.56 Å². The molecule has 6 heteroatoms. The molecule has 0 aliphatic carbocycles. The summed E-state index contributed by atoms with van der Waals surface area (Å²) in [6, 6.07) is 16.0. The molecule has 1 amide bonds. The number of ether oxygens (including phenoxy) is 2. The van der Waals surface area contributed by atoms with E-state index in [1.165, 1.54) is 11.8 Å². The van der Waals surface area contributed by atoms with E-state index in [1.54, 1.807) is 43.4 Å². The van der Waals surface area contributed by atoms with E-state index in [1.807, 2.05) is 18.2 Å². The number of rotatable bonds is 4. The van der Waals surface area contributed by atoms with Crippen molar-refractivity contribution in [1.82, 2.24) is 0 Å². The maximum atomic E-state index is 12.5. The highest BCUT2D eigenvalue weighted by Crippen LogP contribution is 2.22. The van der Waals surface area contributed by atoms with E-state index < -0.39 is 24.1 Å². The van der Waals surface area contributed by atoms with Gasteiger partial charge in [0.2, 0.25) is 6.10 Å². The molecule has 1 aliphatic rings. The monoisotopic (exact) mass is 353 g/mol. The summed E-state index contributed by atoms with van der Waals surface area (Å²) in [6.07, 6.45) is -1.81. The molecule has 1 heterocycles. The van der Waals surface area contributed by atoms with Gasteiger partial charge in [0, 0.05) is 19.2 Å². The van der Waals surface area contributed by atoms with Gasteiger partial charge in [0.15, 0.2) is 6.10 Å². The minimum absolute atomic E-state index is 0.232. The van der Waals surface area contributed by atoms with Gasteiger partial charge in [-0.2, -0.15) is 0 Å². The van der Waals surface area contributed by atoms with Crippen molar-refractivity contribution < 1.29 is 23.9 Å². The van der Waals surface area contributed by atoms with Crippen LogP contribution in [0, 0.1) is 0 Å². The predicted molar refractivity (Wildman–Crippen MR) is 94.8 cm³/mol. The molecule has 26 heavy (non-hydrogen) atoms. The first-order valence-electron chi connectivity index (χ1n) is 8.29. The van der Waals surface area contributed by atoms with Gasteiger partial charge >= 0.3 is 11.9 Å². The number of nitrogens with zero attached hydrogens (tertiary/aromatic N) is 1. The second-order valence-corrected chi connectivity index (χ2v) is 6.07. The molecule has 1 aliphatic heterocycles. The number of cyclic esters (lactones) is 1. The lowest BCUT2D eigenvalue weighted by molar-refractivity contribution is -0.162. The Labute approximate surface area is 151 Å². The summed E-state index contributed by atoms with van der Waals surface area (Å²) in [5, 5.41) is 0. The lowest BCUT2D eigenvalue weighted by Crippen LogP contribution is -2.42. The van der Waals surface area contributed by atoms with Gasteiger partial charge in [-0.1, -0.05) is 36.4 Å². The maximum absolute atomic E-state index is 12.5. The number of benzene rings is 2. The molecule has 3 rings (SSSR count). The Morgan fingerprint density at radius 2 is 1.77 bits per heavy atom. The number of para-hydroxylation sites is 1. The van der Waals surface area contributed by atoms with Crippen molar-refractivity contribution in [3.63, 3.8) is 0 Å². The van der Waals surface area contributed by atoms with E-state index in [0.29, 0.717) is 11.3 Å². The smallest absolute Gasteiger partial charge is 0.348 e. The molecule has 2 aromatic rings. The molecule has 0 fully saturated rings. The average Bonchev–Trinajstić information content (AvgIpc) is 2.67. The summed E-state index contributed by atoms with van der Waals surface area (Å²) in [5.41, 5.74) is 1.87. The summed E-state index contributed by atoms with van der Waals surface area (Å²) in [5.74, 6) is -1.66. The Morgan fingerprint density at radius 1 is 1.12 bits per heavy atom. The molecular weight excluding hydrogens is 334 g/mol. The van der Waals surface area contributed by atoms with E-state index in [9.17, 15) is 14.4 Å². The Bertz CT molecular complexity index is 833. The van der Waals surface area contributed by atoms with Crippen LogP contribution in [0.1, 0.15) is 22.8 Å². The van der Waals surface area contributed by atoms with Crippen LogP contribution in [-0.4, -0.2) is 37.1 Å². The molecule has 0 saturated carbocycles. The lowest BCUT2D eigenvalue weighted by Gasteiger charge is -2.26. The quantitative estimate of drug-likeness (QED) is 0.789. The van der Waals surface area contributed by atoms with E-state index in [-0.39, 0.29) is 12.3 Å². The first kappa shape index (κ1) is 17.7. The van der Waals surface area contributed by atoms with E-state index in [2.05, 4.69) is 0 Å². The number of hydrogen-bond acceptors (Lipinski definition) is 5. The molecule has 2 aromatic carbocycles. The molecule has 0 aromatic heterocycles. The number of amides is 1. The van der Waals surface area contributed by atoms with Crippen LogP contribution >= 0.6 is 0 Å². The normalized spacial score (nSPS) is 16.8. The second-order valence-electron chi connectivity index (χ2n) is 6.07. The van der Waals surface area contributed by atoms with Crippen LogP contribution in [0.3, 0.4) is 0 Å². The average molecular weight is 353 g/mol. The molecule has 0 unspecified atom stereocenters. The highest BCUT2D eigenvalue weighted by Gasteiger charge is 2.34. The van der Waals surface area contributed by atoms with Gasteiger partial charge in [-0.05, 0) is 30.7 Å². The van der Waals surface area contributed by atoms with Crippen molar-refractivity contribution >= 4 is 23.5 Å². The number of likely N-dealkylation sites (N-methyl/N-ethyl adjacent to an activating group) is 1. The lowest BCUT2D eigenvalue weighted by atomic mass is 9.99. The van der Waals surface area contributed by atoms with Crippen molar-refractivity contribution in [2.24, 2.45) is 0 Å². The molecule has 134 valence electrons. The molecule has 0 spiro atoms. The minimum Gasteiger partial charge on any atom is -0.450 e. The van der Waals surface area contributed by atoms with Gasteiger partial charge in [0.05, 0.1) is 5.56 Å². The zero-order chi connectivity index (χ0) is 18.7. The highest BCUT2D eigenvalue weighted by atomic mass is 16.6. The van der Waals surface area contributed by atoms with Gasteiger partial charge in [0.1, 0.15) is 0 Å². The van der Waals surface area contributed by atoms with Crippen molar-refractivity contribution in [2.45, 2.75) is 25.6 Å². The number of fused-ring (bicyclic) bond motifs is 1. The fourth-order valence-electron chi connectivity index (χ4n) is 2.82. The van der Waals surface area contributed by atoms with Crippen LogP contribution in [0.25, 0.3) is 0 Å². The number of esters is 2. The van der Waals surface area contributed by atoms with Crippen molar-refractivity contribution in [3.05, 3.63) is 65.7 Å². The number of anilines is 1. The summed E-state index contributed by atoms with van der Waals surface area (Å²) in [7, 11) is 1.61. The molecular formula is C20H19NO5. The number of carbonyl (C=O) groups excluding carboxylic acids is 3. The second kappa shape index (κ2) is 7.39. The molecule has 0 N–H and O–H groups in total. The van der Waals surface area contributed by atoms with Crippen LogP contribution in [0.2, 0.25) is 0 Å². The van der Waals surface area contributed by atoms with Gasteiger partial charge in [-0.15, -0.1) is 0 Å². The molecule has 0 saturated heterocycles. The maximum Gasteiger partial charge on any atom is 0.348 e. The standard InChI is InChI=1S/C20H19NO5/c1-13(18(22)21(2)15-9-4-3-5-10-15)25-20(24)17-12-14-8-6-7-11-16(14)19(23)26-17/h3-11,13,17H,12H2,1-2H3/t13-,17-/m0/s1. The van der Waals surface area contributed by atoms with Crippen LogP contribution in [-0.2, 0) is 25.5 Å². The third-order valence-corrected chi connectivity index (χ3v) is 4.27. The molecule has 0 bridgehead atoms. The topological polar surface area (TPSA) is 72.9 Å². The Kier molecular flexibility index (Phi) is 5.02. The summed E-state index contributed by atoms with van der Waals surface area (Å²) < 4.78 is 10.4. The largest absolute Gasteiger partial charge is 0.450 e. The predicted octanol–water partition coefficient (Wildman–Crippen LogP) is 2.36. The first-order chi connectivity index (χ1) is 12.5. The Hall–Kier alpha value is -3.15. The SMILES string of the molecule is C[C@H](OC(=O)[C@@H]1Cc2ccccc2C(=O)O1)C(=O)N(C)c1ccccc1. The molecule has 0 radical (unpaired) electrons. The molecule has 2 atom stereocenters. The van der Waals surface area contributed by atoms with Gasteiger partial charge in [0.25, 0.3) is 5.91 Å². The fourth-order valence-corrected chi connectivity index (χ4v) is 2.82. The number of carbonyl (C=O) groups is 3. The van der Waals surface area contributed by atoms with Crippen molar-refractivity contribution in [2.75, 3.05) is 11.9 Å². The van der Waals surface area contributed by atoms with Crippen LogP contribution in [0.5, 0.6) is 0 Å². The zero-order valence-electron chi connectivity index (χ0n) is 14.5. The van der Waals surface area contributed by atoms with Crippen molar-refractivity contribution in [3.8, 4) is 0 Å². The van der Waals surface area contributed by atoms with Crippen LogP contribution in [0.15, 0.2) is 54.6 Å². The third-order valence-electron chi connectivity index (χ3n) is 4.27. The Morgan fingerprint density at radius 3 is 2.50 bits per heavy atom. The van der Waals surface area contributed by atoms with E-state index >= 15 is 0 Å². The third kappa shape index (κ3) is 3.59. The van der Waals surface area contributed by atoms with Crippen LogP contribution < -0.4 is 4.90 Å². The van der Waals surface area contributed by atoms with E-state index in [4.69, 9.17) is 9.47 Å². The fraction of sp³-hybridized carbons (Fsp3) is 0.250. The van der Waals surface area contributed by atoms with Gasteiger partial charge < -0.3 is 14.4 Å². The summed E-state index contributed by atoms with van der Waals surface area (Å²) in [6.45, 7) is 1.50. The molecule has 6 nitrogen and oxygen atoms in total. The highest BCUT2D eigenvalue weighted by molar-refractivity contribution is 5.98. The summed E-state index contributed by atoms with van der Waals surface area (Å²) >= 11 is 0. The summed E-state index contributed by atoms with van der Waals surface area (Å²) in [4.78, 5) is 38.2. The minimum atomic E-state index is -1.05. The van der Waals surface area contributed by atoms with Gasteiger partial charge in [-0.25, -0.2) is 9.59 Å². The van der Waals surface area contributed by atoms with Crippen LogP contribution in [0.4, 0.5) is 5.69 Å². The van der Waals surface area contributed by atoms with Crippen molar-refractivity contribution in [1.29, 1.82) is 0 Å². The zero-order valence-corrected chi connectivity index (χ0v) is 14.5. The van der Waals surface area contributed by atoms with Gasteiger partial charge in [-0.3, -0.25) is 4.79 Å². The first-order valence-corrected chi connectivity index (χ1v) is 8.29. The Balaban J connectivity index is 1.65. The number of hydrogen-bond donors (Lipinski definition) is 0.